The molecule has 1 aromatic rings. The summed E-state index contributed by atoms with van der Waals surface area (Å²) in [6, 6.07) is 9.91. The van der Waals surface area contributed by atoms with Gasteiger partial charge in [0.25, 0.3) is 0 Å². The maximum absolute atomic E-state index is 6.01. The highest BCUT2D eigenvalue weighted by molar-refractivity contribution is 7.98. The summed E-state index contributed by atoms with van der Waals surface area (Å²) in [6.07, 6.45) is 5.11. The Labute approximate surface area is 132 Å². The minimum atomic E-state index is 0.340. The van der Waals surface area contributed by atoms with Gasteiger partial charge in [-0.15, -0.1) is 11.8 Å². The Bertz CT molecular complexity index is 451. The highest BCUT2D eigenvalue weighted by Crippen LogP contribution is 2.23. The first-order valence-electron chi connectivity index (χ1n) is 7.99. The van der Waals surface area contributed by atoms with Crippen LogP contribution in [0.15, 0.2) is 29.2 Å². The third-order valence-electron chi connectivity index (χ3n) is 4.73. The van der Waals surface area contributed by atoms with Crippen LogP contribution in [0.4, 0.5) is 0 Å². The van der Waals surface area contributed by atoms with Crippen molar-refractivity contribution in [1.82, 2.24) is 10.2 Å². The molecule has 0 saturated carbocycles. The van der Waals surface area contributed by atoms with Crippen LogP contribution in [-0.2, 0) is 4.74 Å². The molecule has 1 N–H and O–H groups in total. The molecule has 0 amide bonds. The van der Waals surface area contributed by atoms with E-state index < -0.39 is 0 Å². The van der Waals surface area contributed by atoms with E-state index >= 15 is 0 Å². The Morgan fingerprint density at radius 2 is 2.19 bits per heavy atom. The van der Waals surface area contributed by atoms with Crippen LogP contribution in [0.25, 0.3) is 0 Å². The molecule has 3 unspecified atom stereocenters. The van der Waals surface area contributed by atoms with E-state index in [1.165, 1.54) is 29.8 Å². The van der Waals surface area contributed by atoms with Crippen LogP contribution >= 0.6 is 11.8 Å². The average molecular weight is 306 g/mol. The standard InChI is InChI=1S/C17H26N2OS/c1-13(14-5-7-17(21-2)8-6-14)18-10-16-11-19-9-3-4-15(19)12-20-16/h5-8,13,15-16,18H,3-4,9-12H2,1-2H3. The Morgan fingerprint density at radius 3 is 2.95 bits per heavy atom. The lowest BCUT2D eigenvalue weighted by molar-refractivity contribution is -0.0477. The minimum Gasteiger partial charge on any atom is -0.374 e. The van der Waals surface area contributed by atoms with Crippen LogP contribution in [0, 0.1) is 0 Å². The number of hydrogen-bond acceptors (Lipinski definition) is 4. The Kier molecular flexibility index (Phi) is 5.22. The number of ether oxygens (including phenoxy) is 1. The van der Waals surface area contributed by atoms with Crippen LogP contribution in [0.5, 0.6) is 0 Å². The fourth-order valence-electron chi connectivity index (χ4n) is 3.33. The monoisotopic (exact) mass is 306 g/mol. The van der Waals surface area contributed by atoms with Crippen molar-refractivity contribution >= 4 is 11.8 Å². The molecule has 2 saturated heterocycles. The van der Waals surface area contributed by atoms with Crippen LogP contribution in [0.1, 0.15) is 31.4 Å². The van der Waals surface area contributed by atoms with Gasteiger partial charge in [0, 0.05) is 30.1 Å². The summed E-state index contributed by atoms with van der Waals surface area (Å²) in [5.41, 5.74) is 1.35. The third-order valence-corrected chi connectivity index (χ3v) is 5.47. The van der Waals surface area contributed by atoms with Crippen LogP contribution in [0.2, 0.25) is 0 Å². The van der Waals surface area contributed by atoms with Crippen molar-refractivity contribution in [2.24, 2.45) is 0 Å². The average Bonchev–Trinajstić information content (AvgIpc) is 3.00. The number of thioether (sulfide) groups is 1. The molecular weight excluding hydrogens is 280 g/mol. The van der Waals surface area contributed by atoms with Gasteiger partial charge in [-0.1, -0.05) is 12.1 Å². The van der Waals surface area contributed by atoms with Gasteiger partial charge in [-0.3, -0.25) is 4.90 Å². The summed E-state index contributed by atoms with van der Waals surface area (Å²) in [6.45, 7) is 6.44. The zero-order valence-electron chi connectivity index (χ0n) is 13.0. The van der Waals surface area contributed by atoms with Gasteiger partial charge in [0.05, 0.1) is 12.7 Å². The largest absolute Gasteiger partial charge is 0.374 e. The summed E-state index contributed by atoms with van der Waals surface area (Å²) >= 11 is 1.79. The highest BCUT2D eigenvalue weighted by atomic mass is 32.2. The Hall–Kier alpha value is -0.550. The van der Waals surface area contributed by atoms with Gasteiger partial charge in [0.1, 0.15) is 0 Å². The molecule has 3 atom stereocenters. The normalized spacial score (nSPS) is 27.5. The van der Waals surface area contributed by atoms with E-state index in [0.717, 1.165) is 19.7 Å². The lowest BCUT2D eigenvalue weighted by Gasteiger charge is -2.35. The lowest BCUT2D eigenvalue weighted by atomic mass is 10.1. The number of nitrogens with one attached hydrogen (secondary N) is 1. The van der Waals surface area contributed by atoms with Crippen LogP contribution in [-0.4, -0.2) is 49.5 Å². The molecule has 2 heterocycles. The number of fused-ring (bicyclic) bond motifs is 1. The van der Waals surface area contributed by atoms with Crippen molar-refractivity contribution in [2.75, 3.05) is 32.5 Å². The fourth-order valence-corrected chi connectivity index (χ4v) is 3.74. The fraction of sp³-hybridized carbons (Fsp3) is 0.647. The van der Waals surface area contributed by atoms with Gasteiger partial charge in [-0.05, 0) is 50.3 Å². The molecule has 2 aliphatic heterocycles. The topological polar surface area (TPSA) is 24.5 Å². The molecule has 0 radical (unpaired) electrons. The molecule has 0 bridgehead atoms. The summed E-state index contributed by atoms with van der Waals surface area (Å²) < 4.78 is 6.01. The molecule has 21 heavy (non-hydrogen) atoms. The van der Waals surface area contributed by atoms with Crippen LogP contribution in [0.3, 0.4) is 0 Å². The van der Waals surface area contributed by atoms with Crippen molar-refractivity contribution in [2.45, 2.75) is 42.8 Å². The smallest absolute Gasteiger partial charge is 0.0827 e. The molecular formula is C17H26N2OS. The lowest BCUT2D eigenvalue weighted by Crippen LogP contribution is -2.49. The first-order valence-corrected chi connectivity index (χ1v) is 9.21. The molecule has 4 heteroatoms. The van der Waals surface area contributed by atoms with Gasteiger partial charge in [0.2, 0.25) is 0 Å². The van der Waals surface area contributed by atoms with Gasteiger partial charge in [0.15, 0.2) is 0 Å². The van der Waals surface area contributed by atoms with E-state index in [2.05, 4.69) is 47.7 Å². The summed E-state index contributed by atoms with van der Waals surface area (Å²) in [5.74, 6) is 0. The van der Waals surface area contributed by atoms with E-state index in [9.17, 15) is 0 Å². The zero-order chi connectivity index (χ0) is 14.7. The van der Waals surface area contributed by atoms with Crippen LogP contribution < -0.4 is 5.32 Å². The number of nitrogens with zero attached hydrogens (tertiary/aromatic N) is 1. The SMILES string of the molecule is CSc1ccc(C(C)NCC2CN3CCCC3CO2)cc1. The summed E-state index contributed by atoms with van der Waals surface area (Å²) in [7, 11) is 0. The van der Waals surface area contributed by atoms with Crippen molar-refractivity contribution in [1.29, 1.82) is 0 Å². The van der Waals surface area contributed by atoms with E-state index in [4.69, 9.17) is 4.74 Å². The van der Waals surface area contributed by atoms with E-state index in [0.29, 0.717) is 18.2 Å². The quantitative estimate of drug-likeness (QED) is 0.846. The predicted molar refractivity (Wildman–Crippen MR) is 89.0 cm³/mol. The third kappa shape index (κ3) is 3.81. The maximum atomic E-state index is 6.01. The summed E-state index contributed by atoms with van der Waals surface area (Å²) in [5, 5.41) is 3.63. The minimum absolute atomic E-state index is 0.340. The molecule has 0 aliphatic carbocycles. The van der Waals surface area contributed by atoms with Crippen molar-refractivity contribution < 1.29 is 4.74 Å². The number of rotatable bonds is 5. The molecule has 0 spiro atoms. The summed E-state index contributed by atoms with van der Waals surface area (Å²) in [4.78, 5) is 3.93. The first-order chi connectivity index (χ1) is 10.3. The Balaban J connectivity index is 1.47. The molecule has 2 aliphatic rings. The molecule has 3 rings (SSSR count). The predicted octanol–water partition coefficient (Wildman–Crippen LogP) is 2.92. The van der Waals surface area contributed by atoms with Crippen molar-refractivity contribution in [3.8, 4) is 0 Å². The van der Waals surface area contributed by atoms with Gasteiger partial charge < -0.3 is 10.1 Å². The first kappa shape index (κ1) is 15.3. The zero-order valence-corrected chi connectivity index (χ0v) is 13.9. The Morgan fingerprint density at radius 1 is 1.38 bits per heavy atom. The molecule has 2 fully saturated rings. The van der Waals surface area contributed by atoms with Crippen molar-refractivity contribution in [3.63, 3.8) is 0 Å². The van der Waals surface area contributed by atoms with Gasteiger partial charge in [-0.25, -0.2) is 0 Å². The number of morpholine rings is 1. The van der Waals surface area contributed by atoms with Crippen molar-refractivity contribution in [3.05, 3.63) is 29.8 Å². The van der Waals surface area contributed by atoms with E-state index in [1.807, 2.05) is 0 Å². The molecule has 1 aromatic carbocycles. The van der Waals surface area contributed by atoms with E-state index in [-0.39, 0.29) is 0 Å². The second-order valence-electron chi connectivity index (χ2n) is 6.15. The second kappa shape index (κ2) is 7.14. The van der Waals surface area contributed by atoms with Gasteiger partial charge in [-0.2, -0.15) is 0 Å². The molecule has 3 nitrogen and oxygen atoms in total. The molecule has 0 aromatic heterocycles. The number of benzene rings is 1. The molecule has 116 valence electrons. The second-order valence-corrected chi connectivity index (χ2v) is 7.03. The number of hydrogen-bond donors (Lipinski definition) is 1. The van der Waals surface area contributed by atoms with E-state index in [1.54, 1.807) is 11.8 Å². The highest BCUT2D eigenvalue weighted by Gasteiger charge is 2.32. The maximum Gasteiger partial charge on any atom is 0.0827 e. The van der Waals surface area contributed by atoms with Gasteiger partial charge >= 0.3 is 0 Å².